The molecule has 32 heavy (non-hydrogen) atoms. The third-order valence-corrected chi connectivity index (χ3v) is 5.58. The second-order valence-corrected chi connectivity index (χ2v) is 9.05. The van der Waals surface area contributed by atoms with Crippen LogP contribution in [0.15, 0.2) is 35.6 Å². The van der Waals surface area contributed by atoms with E-state index < -0.39 is 6.10 Å². The van der Waals surface area contributed by atoms with Crippen molar-refractivity contribution in [2.75, 3.05) is 30.8 Å². The molecule has 1 aliphatic rings. The van der Waals surface area contributed by atoms with Gasteiger partial charge >= 0.3 is 0 Å². The zero-order valence-corrected chi connectivity index (χ0v) is 19.3. The van der Waals surface area contributed by atoms with Gasteiger partial charge in [-0.05, 0) is 23.8 Å². The highest BCUT2D eigenvalue weighted by Crippen LogP contribution is 2.31. The van der Waals surface area contributed by atoms with Crippen LogP contribution in [0.3, 0.4) is 0 Å². The Kier molecular flexibility index (Phi) is 6.99. The van der Waals surface area contributed by atoms with Crippen molar-refractivity contribution < 1.29 is 14.3 Å². The first-order valence-corrected chi connectivity index (χ1v) is 11.8. The number of thioether (sulfide) groups is 1. The molecule has 0 fully saturated rings. The van der Waals surface area contributed by atoms with Crippen molar-refractivity contribution in [1.82, 2.24) is 25.1 Å². The van der Waals surface area contributed by atoms with Crippen LogP contribution < -0.4 is 20.1 Å². The quantitative estimate of drug-likeness (QED) is 0.374. The van der Waals surface area contributed by atoms with Crippen molar-refractivity contribution in [3.8, 4) is 11.5 Å². The van der Waals surface area contributed by atoms with E-state index in [0.29, 0.717) is 35.7 Å². The maximum atomic E-state index is 12.6. The summed E-state index contributed by atoms with van der Waals surface area (Å²) in [4.78, 5) is 21.9. The number of para-hydroxylation sites is 2. The molecule has 3 aromatic rings. The number of rotatable bonds is 9. The molecule has 0 saturated heterocycles. The van der Waals surface area contributed by atoms with Gasteiger partial charge in [-0.25, -0.2) is 14.6 Å². The first-order chi connectivity index (χ1) is 15.5. The molecule has 3 heterocycles. The van der Waals surface area contributed by atoms with Gasteiger partial charge in [0.25, 0.3) is 5.91 Å². The Balaban J connectivity index is 1.41. The molecule has 10 heteroatoms. The Labute approximate surface area is 191 Å². The van der Waals surface area contributed by atoms with Crippen LogP contribution in [-0.4, -0.2) is 57.2 Å². The summed E-state index contributed by atoms with van der Waals surface area (Å²) in [5.74, 6) is 3.18. The van der Waals surface area contributed by atoms with E-state index in [1.165, 1.54) is 0 Å². The van der Waals surface area contributed by atoms with Crippen LogP contribution in [0.1, 0.15) is 20.8 Å². The number of carbonyl (C=O) groups excluding carboxylic acids is 1. The Morgan fingerprint density at radius 1 is 1.28 bits per heavy atom. The predicted molar refractivity (Wildman–Crippen MR) is 124 cm³/mol. The zero-order valence-electron chi connectivity index (χ0n) is 18.5. The van der Waals surface area contributed by atoms with Gasteiger partial charge in [0.05, 0.1) is 18.1 Å². The van der Waals surface area contributed by atoms with E-state index in [-0.39, 0.29) is 12.5 Å². The SMILES string of the molecule is CCSc1nc(NCC(C)C)c2cnn(CCNC(=O)C3COc4ccccc4O3)c2n1. The van der Waals surface area contributed by atoms with Crippen molar-refractivity contribution >= 4 is 34.5 Å². The molecular weight excluding hydrogens is 428 g/mol. The maximum Gasteiger partial charge on any atom is 0.264 e. The van der Waals surface area contributed by atoms with Crippen LogP contribution in [0.4, 0.5) is 5.82 Å². The lowest BCUT2D eigenvalue weighted by Gasteiger charge is -2.25. The Morgan fingerprint density at radius 3 is 2.88 bits per heavy atom. The molecule has 2 aromatic heterocycles. The zero-order chi connectivity index (χ0) is 22.5. The first-order valence-electron chi connectivity index (χ1n) is 10.8. The van der Waals surface area contributed by atoms with Crippen molar-refractivity contribution in [1.29, 1.82) is 0 Å². The first kappa shape index (κ1) is 22.2. The summed E-state index contributed by atoms with van der Waals surface area (Å²) in [6, 6.07) is 7.34. The molecule has 0 aliphatic carbocycles. The fourth-order valence-corrected chi connectivity index (χ4v) is 3.84. The Morgan fingerprint density at radius 2 is 2.09 bits per heavy atom. The number of aromatic nitrogens is 4. The largest absolute Gasteiger partial charge is 0.485 e. The number of ether oxygens (including phenoxy) is 2. The normalized spacial score (nSPS) is 15.2. The minimum atomic E-state index is -0.680. The number of amides is 1. The summed E-state index contributed by atoms with van der Waals surface area (Å²) in [5, 5.41) is 12.4. The monoisotopic (exact) mass is 456 g/mol. The minimum Gasteiger partial charge on any atom is -0.485 e. The van der Waals surface area contributed by atoms with Crippen LogP contribution in [0.25, 0.3) is 11.0 Å². The van der Waals surface area contributed by atoms with Gasteiger partial charge in [-0.15, -0.1) is 0 Å². The molecule has 170 valence electrons. The van der Waals surface area contributed by atoms with Gasteiger partial charge in [-0.3, -0.25) is 4.79 Å². The van der Waals surface area contributed by atoms with E-state index >= 15 is 0 Å². The summed E-state index contributed by atoms with van der Waals surface area (Å²) < 4.78 is 13.2. The summed E-state index contributed by atoms with van der Waals surface area (Å²) in [7, 11) is 0. The number of nitrogens with zero attached hydrogens (tertiary/aromatic N) is 4. The van der Waals surface area contributed by atoms with Crippen LogP contribution >= 0.6 is 11.8 Å². The number of benzene rings is 1. The fraction of sp³-hybridized carbons (Fsp3) is 0.455. The number of anilines is 1. The van der Waals surface area contributed by atoms with Crippen molar-refractivity contribution in [2.45, 2.75) is 38.6 Å². The average molecular weight is 457 g/mol. The standard InChI is InChI=1S/C22H28N6O3S/c1-4-32-22-26-19(24-11-14(2)3)15-12-25-28(20(15)27-22)10-9-23-21(29)18-13-30-16-7-5-6-8-17(16)31-18/h5-8,12,14,18H,4,9-11,13H2,1-3H3,(H,23,29)(H,24,26,27). The van der Waals surface area contributed by atoms with Gasteiger partial charge in [0.2, 0.25) is 6.10 Å². The highest BCUT2D eigenvalue weighted by Gasteiger charge is 2.27. The van der Waals surface area contributed by atoms with E-state index in [0.717, 1.165) is 29.1 Å². The minimum absolute atomic E-state index is 0.184. The molecule has 4 rings (SSSR count). The Bertz CT molecular complexity index is 1090. The van der Waals surface area contributed by atoms with Crippen molar-refractivity contribution in [3.63, 3.8) is 0 Å². The molecule has 1 aliphatic heterocycles. The van der Waals surface area contributed by atoms with E-state index in [9.17, 15) is 4.79 Å². The molecule has 0 bridgehead atoms. The molecular formula is C22H28N6O3S. The summed E-state index contributed by atoms with van der Waals surface area (Å²) in [6.45, 7) is 8.25. The number of hydrogen-bond donors (Lipinski definition) is 2. The molecule has 0 radical (unpaired) electrons. The van der Waals surface area contributed by atoms with Gasteiger partial charge in [-0.1, -0.05) is 44.7 Å². The molecule has 1 aromatic carbocycles. The summed E-state index contributed by atoms with van der Waals surface area (Å²) in [5.41, 5.74) is 0.752. The molecule has 2 N–H and O–H groups in total. The number of carbonyl (C=O) groups is 1. The van der Waals surface area contributed by atoms with E-state index in [1.54, 1.807) is 28.7 Å². The Hall–Kier alpha value is -3.01. The number of fused-ring (bicyclic) bond motifs is 2. The van der Waals surface area contributed by atoms with Crippen molar-refractivity contribution in [3.05, 3.63) is 30.5 Å². The lowest BCUT2D eigenvalue weighted by atomic mass is 10.2. The van der Waals surface area contributed by atoms with Gasteiger partial charge in [0.1, 0.15) is 12.4 Å². The maximum absolute atomic E-state index is 12.6. The lowest BCUT2D eigenvalue weighted by Crippen LogP contribution is -2.44. The average Bonchev–Trinajstić information content (AvgIpc) is 3.20. The van der Waals surface area contributed by atoms with E-state index in [1.807, 2.05) is 18.2 Å². The molecule has 1 atom stereocenters. The highest BCUT2D eigenvalue weighted by atomic mass is 32.2. The van der Waals surface area contributed by atoms with Gasteiger partial charge in [-0.2, -0.15) is 5.10 Å². The van der Waals surface area contributed by atoms with Crippen LogP contribution in [-0.2, 0) is 11.3 Å². The molecule has 9 nitrogen and oxygen atoms in total. The lowest BCUT2D eigenvalue weighted by molar-refractivity contribution is -0.130. The molecule has 1 amide bonds. The van der Waals surface area contributed by atoms with Crippen LogP contribution in [0, 0.1) is 5.92 Å². The summed E-state index contributed by atoms with van der Waals surface area (Å²) >= 11 is 1.59. The molecule has 0 saturated carbocycles. The molecule has 0 spiro atoms. The topological polar surface area (TPSA) is 103 Å². The second kappa shape index (κ2) is 10.1. The predicted octanol–water partition coefficient (Wildman–Crippen LogP) is 2.96. The van der Waals surface area contributed by atoms with Gasteiger partial charge < -0.3 is 20.1 Å². The van der Waals surface area contributed by atoms with Gasteiger partial charge in [0, 0.05) is 13.1 Å². The van der Waals surface area contributed by atoms with E-state index in [4.69, 9.17) is 9.47 Å². The highest BCUT2D eigenvalue weighted by molar-refractivity contribution is 7.99. The number of hydrogen-bond acceptors (Lipinski definition) is 8. The number of nitrogens with one attached hydrogen (secondary N) is 2. The third kappa shape index (κ3) is 5.07. The van der Waals surface area contributed by atoms with Crippen molar-refractivity contribution in [2.24, 2.45) is 5.92 Å². The van der Waals surface area contributed by atoms with Gasteiger partial charge in [0.15, 0.2) is 22.3 Å². The van der Waals surface area contributed by atoms with Crippen LogP contribution in [0.5, 0.6) is 11.5 Å². The fourth-order valence-electron chi connectivity index (χ4n) is 3.28. The summed E-state index contributed by atoms with van der Waals surface area (Å²) in [6.07, 6.45) is 1.09. The molecule has 1 unspecified atom stereocenters. The third-order valence-electron chi connectivity index (χ3n) is 4.85. The smallest absolute Gasteiger partial charge is 0.264 e. The second-order valence-electron chi connectivity index (χ2n) is 7.82. The van der Waals surface area contributed by atoms with E-state index in [2.05, 4.69) is 46.5 Å². The van der Waals surface area contributed by atoms with Crippen LogP contribution in [0.2, 0.25) is 0 Å².